The Morgan fingerprint density at radius 2 is 2.06 bits per heavy atom. The number of nitrogens with zero attached hydrogens (tertiary/aromatic N) is 6. The van der Waals surface area contributed by atoms with Gasteiger partial charge in [-0.25, -0.2) is 4.39 Å². The summed E-state index contributed by atoms with van der Waals surface area (Å²) in [5.74, 6) is 0.355. The highest BCUT2D eigenvalue weighted by Gasteiger charge is 2.05. The topological polar surface area (TPSA) is 61.4 Å². The Balaban J connectivity index is 1.85. The molecule has 0 spiro atoms. The fraction of sp³-hybridized carbons (Fsp3) is 0.0909. The molecule has 0 N–H and O–H groups in total. The SMILES string of the molecule is Fc1ccccc1Cn1ccc(-n2cnnn2)n1. The van der Waals surface area contributed by atoms with E-state index in [4.69, 9.17) is 0 Å². The van der Waals surface area contributed by atoms with Crippen molar-refractivity contribution in [2.24, 2.45) is 0 Å². The van der Waals surface area contributed by atoms with Crippen LogP contribution in [0.3, 0.4) is 0 Å². The molecule has 0 fully saturated rings. The van der Waals surface area contributed by atoms with E-state index in [2.05, 4.69) is 20.6 Å². The molecule has 0 aliphatic rings. The zero-order chi connectivity index (χ0) is 12.4. The highest BCUT2D eigenvalue weighted by Crippen LogP contribution is 2.09. The average Bonchev–Trinajstić information content (AvgIpc) is 3.02. The summed E-state index contributed by atoms with van der Waals surface area (Å²) in [6.07, 6.45) is 3.21. The van der Waals surface area contributed by atoms with Gasteiger partial charge >= 0.3 is 0 Å². The number of hydrogen-bond donors (Lipinski definition) is 0. The van der Waals surface area contributed by atoms with E-state index in [0.29, 0.717) is 17.9 Å². The molecule has 0 unspecified atom stereocenters. The smallest absolute Gasteiger partial charge is 0.178 e. The van der Waals surface area contributed by atoms with Gasteiger partial charge in [0.2, 0.25) is 0 Å². The van der Waals surface area contributed by atoms with Crippen LogP contribution in [0, 0.1) is 5.82 Å². The van der Waals surface area contributed by atoms with Crippen LogP contribution in [0.25, 0.3) is 5.82 Å². The van der Waals surface area contributed by atoms with Gasteiger partial charge in [-0.05, 0) is 16.5 Å². The van der Waals surface area contributed by atoms with Crippen molar-refractivity contribution in [2.75, 3.05) is 0 Å². The van der Waals surface area contributed by atoms with Crippen LogP contribution in [-0.4, -0.2) is 30.0 Å². The zero-order valence-corrected chi connectivity index (χ0v) is 9.31. The second-order valence-corrected chi connectivity index (χ2v) is 3.72. The molecule has 0 bridgehead atoms. The lowest BCUT2D eigenvalue weighted by Crippen LogP contribution is -2.04. The van der Waals surface area contributed by atoms with E-state index >= 15 is 0 Å². The Bertz CT molecular complexity index is 645. The van der Waals surface area contributed by atoms with Crippen LogP contribution in [0.1, 0.15) is 5.56 Å². The molecule has 0 aliphatic heterocycles. The van der Waals surface area contributed by atoms with E-state index in [9.17, 15) is 4.39 Å². The average molecular weight is 244 g/mol. The van der Waals surface area contributed by atoms with E-state index in [0.717, 1.165) is 0 Å². The second kappa shape index (κ2) is 4.36. The van der Waals surface area contributed by atoms with Crippen molar-refractivity contribution < 1.29 is 4.39 Å². The number of hydrogen-bond acceptors (Lipinski definition) is 4. The molecular formula is C11H9FN6. The fourth-order valence-electron chi connectivity index (χ4n) is 1.63. The molecular weight excluding hydrogens is 235 g/mol. The molecule has 0 saturated heterocycles. The first-order valence-corrected chi connectivity index (χ1v) is 5.33. The Morgan fingerprint density at radius 3 is 2.83 bits per heavy atom. The van der Waals surface area contributed by atoms with Gasteiger partial charge < -0.3 is 0 Å². The van der Waals surface area contributed by atoms with Gasteiger partial charge in [0, 0.05) is 17.8 Å². The van der Waals surface area contributed by atoms with Gasteiger partial charge in [0.15, 0.2) is 5.82 Å². The van der Waals surface area contributed by atoms with Crippen molar-refractivity contribution in [3.63, 3.8) is 0 Å². The van der Waals surface area contributed by atoms with Gasteiger partial charge in [-0.15, -0.1) is 5.10 Å². The molecule has 6 nitrogen and oxygen atoms in total. The maximum absolute atomic E-state index is 13.5. The third-order valence-electron chi connectivity index (χ3n) is 2.50. The summed E-state index contributed by atoms with van der Waals surface area (Å²) in [5, 5.41) is 15.0. The van der Waals surface area contributed by atoms with Crippen LogP contribution in [-0.2, 0) is 6.54 Å². The molecule has 18 heavy (non-hydrogen) atoms. The quantitative estimate of drug-likeness (QED) is 0.690. The van der Waals surface area contributed by atoms with Crippen LogP contribution in [0.4, 0.5) is 4.39 Å². The molecule has 90 valence electrons. The zero-order valence-electron chi connectivity index (χ0n) is 9.31. The summed E-state index contributed by atoms with van der Waals surface area (Å²) in [5.41, 5.74) is 0.587. The molecule has 1 aromatic carbocycles. The molecule has 3 aromatic rings. The molecule has 3 rings (SSSR count). The van der Waals surface area contributed by atoms with E-state index in [-0.39, 0.29) is 5.82 Å². The monoisotopic (exact) mass is 244 g/mol. The summed E-state index contributed by atoms with van der Waals surface area (Å²) in [6, 6.07) is 8.38. The lowest BCUT2D eigenvalue weighted by molar-refractivity contribution is 0.582. The van der Waals surface area contributed by atoms with Crippen LogP contribution in [0.2, 0.25) is 0 Å². The van der Waals surface area contributed by atoms with Gasteiger partial charge in [0.05, 0.1) is 6.54 Å². The van der Waals surface area contributed by atoms with Crippen LogP contribution in [0.15, 0.2) is 42.9 Å². The standard InChI is InChI=1S/C11H9FN6/c12-10-4-2-1-3-9(10)7-17-6-5-11(14-17)18-8-13-15-16-18/h1-6,8H,7H2. The third kappa shape index (κ3) is 1.97. The van der Waals surface area contributed by atoms with E-state index in [1.165, 1.54) is 17.1 Å². The summed E-state index contributed by atoms with van der Waals surface area (Å²) in [7, 11) is 0. The van der Waals surface area contributed by atoms with Gasteiger partial charge in [-0.3, -0.25) is 4.68 Å². The maximum Gasteiger partial charge on any atom is 0.178 e. The van der Waals surface area contributed by atoms with Crippen LogP contribution in [0.5, 0.6) is 0 Å². The molecule has 0 saturated carbocycles. The molecule has 2 aromatic heterocycles. The Kier molecular flexibility index (Phi) is 2.56. The fourth-order valence-corrected chi connectivity index (χ4v) is 1.63. The Labute approximate surface area is 102 Å². The first-order valence-electron chi connectivity index (χ1n) is 5.33. The second-order valence-electron chi connectivity index (χ2n) is 3.72. The van der Waals surface area contributed by atoms with Crippen molar-refractivity contribution in [1.82, 2.24) is 30.0 Å². The molecule has 2 heterocycles. The van der Waals surface area contributed by atoms with Crippen molar-refractivity contribution in [3.05, 3.63) is 54.2 Å². The first kappa shape index (κ1) is 10.6. The van der Waals surface area contributed by atoms with E-state index in [1.807, 2.05) is 0 Å². The van der Waals surface area contributed by atoms with Crippen molar-refractivity contribution in [3.8, 4) is 5.82 Å². The van der Waals surface area contributed by atoms with Crippen molar-refractivity contribution in [1.29, 1.82) is 0 Å². The van der Waals surface area contributed by atoms with Gasteiger partial charge in [-0.2, -0.15) is 9.78 Å². The minimum atomic E-state index is -0.239. The highest BCUT2D eigenvalue weighted by atomic mass is 19.1. The summed E-state index contributed by atoms with van der Waals surface area (Å²) < 4.78 is 16.6. The molecule has 0 aliphatic carbocycles. The number of rotatable bonds is 3. The molecule has 7 heteroatoms. The first-order chi connectivity index (χ1) is 8.83. The summed E-state index contributed by atoms with van der Waals surface area (Å²) in [4.78, 5) is 0. The van der Waals surface area contributed by atoms with Crippen molar-refractivity contribution >= 4 is 0 Å². The minimum absolute atomic E-state index is 0.239. The molecule has 0 radical (unpaired) electrons. The van der Waals surface area contributed by atoms with Gasteiger partial charge in [0.25, 0.3) is 0 Å². The van der Waals surface area contributed by atoms with E-state index in [1.54, 1.807) is 35.1 Å². The van der Waals surface area contributed by atoms with E-state index < -0.39 is 0 Å². The van der Waals surface area contributed by atoms with Crippen molar-refractivity contribution in [2.45, 2.75) is 6.54 Å². The van der Waals surface area contributed by atoms with Crippen LogP contribution >= 0.6 is 0 Å². The minimum Gasteiger partial charge on any atom is -0.266 e. The lowest BCUT2D eigenvalue weighted by Gasteiger charge is -2.02. The number of tetrazole rings is 1. The normalized spacial score (nSPS) is 10.7. The summed E-state index contributed by atoms with van der Waals surface area (Å²) in [6.45, 7) is 0.370. The largest absolute Gasteiger partial charge is 0.266 e. The van der Waals surface area contributed by atoms with Crippen LogP contribution < -0.4 is 0 Å². The maximum atomic E-state index is 13.5. The van der Waals surface area contributed by atoms with Gasteiger partial charge in [0.1, 0.15) is 12.1 Å². The highest BCUT2D eigenvalue weighted by molar-refractivity contribution is 5.20. The third-order valence-corrected chi connectivity index (χ3v) is 2.50. The predicted octanol–water partition coefficient (Wildman–Crippen LogP) is 1.05. The number of benzene rings is 1. The predicted molar refractivity (Wildman–Crippen MR) is 60.4 cm³/mol. The Hall–Kier alpha value is -2.57. The molecule has 0 atom stereocenters. The number of halogens is 1. The lowest BCUT2D eigenvalue weighted by atomic mass is 10.2. The Morgan fingerprint density at radius 1 is 1.17 bits per heavy atom. The summed E-state index contributed by atoms with van der Waals surface area (Å²) >= 11 is 0. The van der Waals surface area contributed by atoms with Gasteiger partial charge in [-0.1, -0.05) is 18.2 Å². The number of aromatic nitrogens is 6. The molecule has 0 amide bonds.